The summed E-state index contributed by atoms with van der Waals surface area (Å²) >= 11 is 0. The molecule has 0 saturated heterocycles. The molecule has 2 heterocycles. The Morgan fingerprint density at radius 1 is 0.719 bits per heavy atom. The number of para-hydroxylation sites is 1. The van der Waals surface area contributed by atoms with Gasteiger partial charge in [-0.1, -0.05) is 54.1 Å². The van der Waals surface area contributed by atoms with Gasteiger partial charge in [-0.15, -0.1) is 0 Å². The first-order valence-corrected chi connectivity index (χ1v) is 11.0. The van der Waals surface area contributed by atoms with Crippen molar-refractivity contribution in [2.24, 2.45) is 0 Å². The Morgan fingerprint density at radius 3 is 2.25 bits per heavy atom. The molecule has 0 N–H and O–H groups in total. The molecule has 4 nitrogen and oxygen atoms in total. The van der Waals surface area contributed by atoms with E-state index in [0.29, 0.717) is 23.5 Å². The van der Waals surface area contributed by atoms with Crippen LogP contribution in [-0.2, 0) is 16.0 Å². The number of carbonyl (C=O) groups is 2. The molecule has 0 unspecified atom stereocenters. The summed E-state index contributed by atoms with van der Waals surface area (Å²) in [6, 6.07) is 19.9. The van der Waals surface area contributed by atoms with E-state index in [-0.39, 0.29) is 11.8 Å². The van der Waals surface area contributed by atoms with E-state index in [2.05, 4.69) is 13.0 Å². The van der Waals surface area contributed by atoms with Gasteiger partial charge < -0.3 is 4.90 Å². The number of rotatable bonds is 3. The Kier molecular flexibility index (Phi) is 4.74. The zero-order chi connectivity index (χ0) is 22.6. The highest BCUT2D eigenvalue weighted by molar-refractivity contribution is 6.46. The third-order valence-corrected chi connectivity index (χ3v) is 6.61. The maximum Gasteiger partial charge on any atom is 0.282 e. The average Bonchev–Trinajstić information content (AvgIpc) is 3.29. The molecule has 5 rings (SSSR count). The van der Waals surface area contributed by atoms with Crippen LogP contribution >= 0.6 is 0 Å². The molecule has 2 amide bonds. The van der Waals surface area contributed by atoms with Gasteiger partial charge in [0.25, 0.3) is 11.8 Å². The summed E-state index contributed by atoms with van der Waals surface area (Å²) < 4.78 is 0. The van der Waals surface area contributed by atoms with Crippen molar-refractivity contribution in [1.82, 2.24) is 0 Å². The van der Waals surface area contributed by atoms with Crippen LogP contribution in [0.3, 0.4) is 0 Å². The summed E-state index contributed by atoms with van der Waals surface area (Å²) in [6.07, 6.45) is 0.852. The molecule has 2 aliphatic rings. The molecule has 0 aliphatic carbocycles. The molecule has 32 heavy (non-hydrogen) atoms. The lowest BCUT2D eigenvalue weighted by Crippen LogP contribution is -2.35. The summed E-state index contributed by atoms with van der Waals surface area (Å²) in [5.74, 6) is -0.517. The van der Waals surface area contributed by atoms with Crippen molar-refractivity contribution >= 4 is 28.8 Å². The van der Waals surface area contributed by atoms with E-state index in [9.17, 15) is 9.59 Å². The molecule has 0 radical (unpaired) electrons. The second-order valence-electron chi connectivity index (χ2n) is 8.79. The van der Waals surface area contributed by atoms with Gasteiger partial charge >= 0.3 is 0 Å². The quantitative estimate of drug-likeness (QED) is 0.540. The second kappa shape index (κ2) is 7.49. The standard InChI is InChI=1S/C28H26N2O2/c1-17-9-12-23(20(4)15-17)30-27(31)25(22-11-10-18(2)19(3)16-22)26(28(30)32)29-14-13-21-7-5-6-8-24(21)29/h5-12,15-16H,13-14H2,1-4H3. The minimum Gasteiger partial charge on any atom is -0.336 e. The van der Waals surface area contributed by atoms with Gasteiger partial charge in [-0.3, -0.25) is 9.59 Å². The number of hydrogen-bond acceptors (Lipinski definition) is 3. The minimum atomic E-state index is -0.260. The lowest BCUT2D eigenvalue weighted by Gasteiger charge is -2.22. The smallest absolute Gasteiger partial charge is 0.282 e. The summed E-state index contributed by atoms with van der Waals surface area (Å²) in [7, 11) is 0. The molecule has 0 atom stereocenters. The number of benzene rings is 3. The predicted octanol–water partition coefficient (Wildman–Crippen LogP) is 5.27. The van der Waals surface area contributed by atoms with Crippen LogP contribution in [0.5, 0.6) is 0 Å². The van der Waals surface area contributed by atoms with E-state index in [1.807, 2.05) is 80.3 Å². The van der Waals surface area contributed by atoms with E-state index in [1.165, 1.54) is 10.5 Å². The Labute approximate surface area is 188 Å². The first-order valence-electron chi connectivity index (χ1n) is 11.0. The number of anilines is 2. The van der Waals surface area contributed by atoms with Crippen LogP contribution in [-0.4, -0.2) is 18.4 Å². The fourth-order valence-electron chi connectivity index (χ4n) is 4.77. The van der Waals surface area contributed by atoms with Gasteiger partial charge in [0, 0.05) is 12.2 Å². The van der Waals surface area contributed by atoms with Crippen molar-refractivity contribution in [3.05, 3.63) is 99.7 Å². The fraction of sp³-hybridized carbons (Fsp3) is 0.214. The van der Waals surface area contributed by atoms with Crippen LogP contribution in [0.15, 0.2) is 66.4 Å². The van der Waals surface area contributed by atoms with Crippen molar-refractivity contribution in [2.75, 3.05) is 16.3 Å². The maximum atomic E-state index is 13.9. The highest BCUT2D eigenvalue weighted by Gasteiger charge is 2.44. The average molecular weight is 423 g/mol. The van der Waals surface area contributed by atoms with Gasteiger partial charge in [0.2, 0.25) is 0 Å². The Bertz CT molecular complexity index is 1320. The van der Waals surface area contributed by atoms with Crippen molar-refractivity contribution in [3.63, 3.8) is 0 Å². The Morgan fingerprint density at radius 2 is 1.50 bits per heavy atom. The molecule has 3 aromatic carbocycles. The van der Waals surface area contributed by atoms with Gasteiger partial charge in [0.05, 0.1) is 11.3 Å². The number of fused-ring (bicyclic) bond motifs is 1. The second-order valence-corrected chi connectivity index (χ2v) is 8.79. The topological polar surface area (TPSA) is 40.6 Å². The van der Waals surface area contributed by atoms with Gasteiger partial charge in [-0.25, -0.2) is 4.90 Å². The normalized spacial score (nSPS) is 15.8. The van der Waals surface area contributed by atoms with Crippen LogP contribution in [0.25, 0.3) is 5.57 Å². The van der Waals surface area contributed by atoms with E-state index in [1.54, 1.807) is 0 Å². The molecule has 0 aromatic heterocycles. The van der Waals surface area contributed by atoms with Crippen LogP contribution in [0.4, 0.5) is 11.4 Å². The summed E-state index contributed by atoms with van der Waals surface area (Å²) in [5.41, 5.74) is 8.87. The lowest BCUT2D eigenvalue weighted by atomic mass is 9.99. The van der Waals surface area contributed by atoms with Crippen LogP contribution < -0.4 is 9.80 Å². The molecule has 0 fully saturated rings. The molecule has 3 aromatic rings. The van der Waals surface area contributed by atoms with Crippen molar-refractivity contribution < 1.29 is 9.59 Å². The minimum absolute atomic E-state index is 0.258. The largest absolute Gasteiger partial charge is 0.336 e. The first-order chi connectivity index (χ1) is 15.4. The number of imide groups is 1. The number of aryl methyl sites for hydroxylation is 4. The zero-order valence-corrected chi connectivity index (χ0v) is 18.9. The van der Waals surface area contributed by atoms with Crippen molar-refractivity contribution in [3.8, 4) is 0 Å². The number of nitrogens with zero attached hydrogens (tertiary/aromatic N) is 2. The maximum absolute atomic E-state index is 13.9. The van der Waals surface area contributed by atoms with Gasteiger partial charge in [-0.2, -0.15) is 0 Å². The van der Waals surface area contributed by atoms with Crippen LogP contribution in [0.2, 0.25) is 0 Å². The predicted molar refractivity (Wildman–Crippen MR) is 129 cm³/mol. The molecule has 0 saturated carbocycles. The number of hydrogen-bond donors (Lipinski definition) is 0. The van der Waals surface area contributed by atoms with Gasteiger partial charge in [-0.05, 0) is 74.1 Å². The van der Waals surface area contributed by atoms with Crippen LogP contribution in [0, 0.1) is 27.7 Å². The van der Waals surface area contributed by atoms with Gasteiger partial charge in [0.15, 0.2) is 0 Å². The fourth-order valence-corrected chi connectivity index (χ4v) is 4.77. The molecular weight excluding hydrogens is 396 g/mol. The lowest BCUT2D eigenvalue weighted by molar-refractivity contribution is -0.120. The summed E-state index contributed by atoms with van der Waals surface area (Å²) in [4.78, 5) is 31.1. The Hall–Kier alpha value is -3.66. The molecule has 4 heteroatoms. The molecule has 0 bridgehead atoms. The highest BCUT2D eigenvalue weighted by Crippen LogP contribution is 2.41. The highest BCUT2D eigenvalue weighted by atomic mass is 16.2. The third-order valence-electron chi connectivity index (χ3n) is 6.61. The van der Waals surface area contributed by atoms with Crippen LogP contribution in [0.1, 0.15) is 33.4 Å². The van der Waals surface area contributed by atoms with Crippen molar-refractivity contribution in [2.45, 2.75) is 34.1 Å². The summed E-state index contributed by atoms with van der Waals surface area (Å²) in [6.45, 7) is 8.72. The summed E-state index contributed by atoms with van der Waals surface area (Å²) in [5, 5.41) is 0. The molecule has 2 aliphatic heterocycles. The number of carbonyl (C=O) groups excluding carboxylic acids is 2. The van der Waals surface area contributed by atoms with Crippen molar-refractivity contribution in [1.29, 1.82) is 0 Å². The Balaban J connectivity index is 1.71. The van der Waals surface area contributed by atoms with E-state index < -0.39 is 0 Å². The zero-order valence-electron chi connectivity index (χ0n) is 18.9. The first kappa shape index (κ1) is 20.3. The van der Waals surface area contributed by atoms with E-state index >= 15 is 0 Å². The monoisotopic (exact) mass is 422 g/mol. The molecule has 0 spiro atoms. The molecular formula is C28H26N2O2. The number of amides is 2. The van der Waals surface area contributed by atoms with Gasteiger partial charge in [0.1, 0.15) is 5.70 Å². The third kappa shape index (κ3) is 3.06. The SMILES string of the molecule is Cc1ccc(N2C(=O)C(c3ccc(C)c(C)c3)=C(N3CCc4ccccc43)C2=O)c(C)c1. The molecule has 160 valence electrons. The van der Waals surface area contributed by atoms with E-state index in [4.69, 9.17) is 0 Å². The van der Waals surface area contributed by atoms with E-state index in [0.717, 1.165) is 39.9 Å².